The Balaban J connectivity index is 0.000000205. The van der Waals surface area contributed by atoms with Gasteiger partial charge in [-0.15, -0.1) is 11.8 Å². The minimum atomic E-state index is 0.167. The van der Waals surface area contributed by atoms with Crippen molar-refractivity contribution in [1.82, 2.24) is 0 Å². The molecule has 0 radical (unpaired) electrons. The fourth-order valence-corrected chi connectivity index (χ4v) is 7.17. The van der Waals surface area contributed by atoms with E-state index in [9.17, 15) is 4.79 Å². The highest BCUT2D eigenvalue weighted by Crippen LogP contribution is 2.40. The molecule has 1 fully saturated rings. The van der Waals surface area contributed by atoms with Crippen LogP contribution in [-0.2, 0) is 4.79 Å². The number of hydrogen-bond donors (Lipinski definition) is 0. The second-order valence-corrected chi connectivity index (χ2v) is 11.7. The number of Topliss-reactive ketones (excluding diaryl/α,β-unsaturated/α-hetero) is 1. The summed E-state index contributed by atoms with van der Waals surface area (Å²) in [7, 11) is 0. The first-order chi connectivity index (χ1) is 17.0. The van der Waals surface area contributed by atoms with Gasteiger partial charge in [-0.25, -0.2) is 0 Å². The fraction of sp³-hybridized carbons (Fsp3) is 0.448. The van der Waals surface area contributed by atoms with Gasteiger partial charge in [-0.2, -0.15) is 0 Å². The molecule has 0 bridgehead atoms. The van der Waals surface area contributed by atoms with Crippen molar-refractivity contribution in [3.05, 3.63) is 67.2 Å². The van der Waals surface area contributed by atoms with Crippen LogP contribution in [0.15, 0.2) is 34.9 Å². The molecule has 0 spiro atoms. The molecule has 0 amide bonds. The molecule has 36 heavy (non-hydrogen) atoms. The Morgan fingerprint density at radius 3 is 1.83 bits per heavy atom. The summed E-state index contributed by atoms with van der Waals surface area (Å²) in [5, 5.41) is 2.64. The topological polar surface area (TPSA) is 23.6 Å². The average molecular weight is 564 g/mol. The third-order valence-corrected chi connectivity index (χ3v) is 8.44. The number of allylic oxidation sites excluding steroid dienone is 1. The van der Waals surface area contributed by atoms with E-state index in [0.717, 1.165) is 80.5 Å². The van der Waals surface area contributed by atoms with E-state index in [4.69, 9.17) is 35.4 Å². The predicted molar refractivity (Wildman–Crippen MR) is 163 cm³/mol. The first-order valence-corrected chi connectivity index (χ1v) is 14.8. The number of piperidine rings is 1. The molecule has 0 aromatic heterocycles. The van der Waals surface area contributed by atoms with Gasteiger partial charge in [-0.3, -0.25) is 4.79 Å². The molecular weight excluding hydrogens is 527 g/mol. The Morgan fingerprint density at radius 2 is 1.36 bits per heavy atom. The van der Waals surface area contributed by atoms with Gasteiger partial charge in [0.1, 0.15) is 0 Å². The number of aryl methyl sites for hydroxylation is 4. The van der Waals surface area contributed by atoms with Crippen molar-refractivity contribution in [1.29, 1.82) is 0 Å². The van der Waals surface area contributed by atoms with Crippen LogP contribution in [0.4, 0.5) is 11.4 Å². The highest BCUT2D eigenvalue weighted by molar-refractivity contribution is 8.02. The number of thioether (sulfide) groups is 1. The van der Waals surface area contributed by atoms with Crippen molar-refractivity contribution in [2.45, 2.75) is 66.7 Å². The van der Waals surface area contributed by atoms with Gasteiger partial charge in [-0.1, -0.05) is 47.6 Å². The van der Waals surface area contributed by atoms with Crippen LogP contribution in [0, 0.1) is 27.7 Å². The third kappa shape index (κ3) is 6.66. The van der Waals surface area contributed by atoms with Crippen molar-refractivity contribution in [2.75, 3.05) is 29.1 Å². The van der Waals surface area contributed by atoms with Crippen molar-refractivity contribution in [3.63, 3.8) is 0 Å². The van der Waals surface area contributed by atoms with E-state index in [2.05, 4.69) is 42.7 Å². The maximum atomic E-state index is 11.8. The van der Waals surface area contributed by atoms with Crippen molar-refractivity contribution >= 4 is 69.3 Å². The maximum Gasteiger partial charge on any atom is 0.158 e. The number of thiocarbonyl (C=S) groups is 1. The van der Waals surface area contributed by atoms with Crippen LogP contribution in [-0.4, -0.2) is 30.1 Å². The number of carbonyl (C=O) groups is 1. The Labute approximate surface area is 236 Å². The summed E-state index contributed by atoms with van der Waals surface area (Å²) in [6.45, 7) is 11.9. The van der Waals surface area contributed by atoms with E-state index in [1.165, 1.54) is 24.0 Å². The Morgan fingerprint density at radius 1 is 0.833 bits per heavy atom. The van der Waals surface area contributed by atoms with Crippen LogP contribution in [0.3, 0.4) is 0 Å². The number of nitrogens with zero attached hydrogens (tertiary/aromatic N) is 2. The Bertz CT molecular complexity index is 1150. The standard InChI is InChI=1S/C16H20ClNOS.C13H16ClNS/c1-10-8-11(2)15(14(17)9-10)18-7-5-6-13(12(3)19)16(18)20-4;1-9-7-10(2)13(11(14)8-9)15-6-4-3-5-12(15)16/h8-9H,5-7H2,1-4H3;7-8H,3-6H2,1-2H3. The van der Waals surface area contributed by atoms with Crippen LogP contribution in [0.25, 0.3) is 0 Å². The summed E-state index contributed by atoms with van der Waals surface area (Å²) in [4.78, 5) is 17.3. The first kappa shape index (κ1) is 29.0. The largest absolute Gasteiger partial charge is 0.335 e. The Hall–Kier alpha value is -1.53. The van der Waals surface area contributed by atoms with Crippen LogP contribution < -0.4 is 9.80 Å². The van der Waals surface area contributed by atoms with Crippen LogP contribution in [0.5, 0.6) is 0 Å². The summed E-state index contributed by atoms with van der Waals surface area (Å²) in [6.07, 6.45) is 7.29. The van der Waals surface area contributed by atoms with Crippen molar-refractivity contribution < 1.29 is 4.79 Å². The zero-order chi connectivity index (χ0) is 26.6. The molecule has 1 saturated heterocycles. The summed E-state index contributed by atoms with van der Waals surface area (Å²) in [5.74, 6) is 0.167. The number of anilines is 2. The summed E-state index contributed by atoms with van der Waals surface area (Å²) < 4.78 is 0. The van der Waals surface area contributed by atoms with Gasteiger partial charge in [0.05, 0.1) is 31.4 Å². The fourth-order valence-electron chi connectivity index (χ4n) is 5.10. The molecule has 2 aliphatic heterocycles. The van der Waals surface area contributed by atoms with Crippen molar-refractivity contribution in [3.8, 4) is 0 Å². The number of ketones is 1. The minimum absolute atomic E-state index is 0.167. The molecule has 194 valence electrons. The number of carbonyl (C=O) groups excluding carboxylic acids is 1. The Kier molecular flexibility index (Phi) is 10.3. The van der Waals surface area contributed by atoms with Gasteiger partial charge in [-0.05, 0) is 107 Å². The molecule has 7 heteroatoms. The minimum Gasteiger partial charge on any atom is -0.335 e. The summed E-state index contributed by atoms with van der Waals surface area (Å²) >= 11 is 19.9. The molecule has 2 aromatic rings. The highest BCUT2D eigenvalue weighted by atomic mass is 35.5. The maximum absolute atomic E-state index is 11.8. The van der Waals surface area contributed by atoms with E-state index in [1.807, 2.05) is 25.3 Å². The van der Waals surface area contributed by atoms with Gasteiger partial charge < -0.3 is 9.80 Å². The molecule has 0 unspecified atom stereocenters. The monoisotopic (exact) mass is 562 g/mol. The van der Waals surface area contributed by atoms with E-state index in [0.29, 0.717) is 0 Å². The van der Waals surface area contributed by atoms with Gasteiger partial charge in [0.25, 0.3) is 0 Å². The summed E-state index contributed by atoms with van der Waals surface area (Å²) in [5.41, 5.74) is 7.82. The molecule has 0 aliphatic carbocycles. The first-order valence-electron chi connectivity index (χ1n) is 12.4. The second kappa shape index (κ2) is 12.8. The zero-order valence-electron chi connectivity index (χ0n) is 22.1. The quantitative estimate of drug-likeness (QED) is 0.346. The normalized spacial score (nSPS) is 16.2. The van der Waals surface area contributed by atoms with E-state index >= 15 is 0 Å². The second-order valence-electron chi connectivity index (χ2n) is 9.63. The van der Waals surface area contributed by atoms with E-state index in [1.54, 1.807) is 18.7 Å². The number of rotatable bonds is 4. The molecule has 0 N–H and O–H groups in total. The van der Waals surface area contributed by atoms with Crippen LogP contribution in [0.2, 0.25) is 10.0 Å². The molecular formula is C29H36Cl2N2OS2. The molecule has 0 atom stereocenters. The summed E-state index contributed by atoms with van der Waals surface area (Å²) in [6, 6.07) is 8.31. The number of halogens is 2. The van der Waals surface area contributed by atoms with Gasteiger partial charge >= 0.3 is 0 Å². The van der Waals surface area contributed by atoms with E-state index in [-0.39, 0.29) is 5.78 Å². The van der Waals surface area contributed by atoms with Crippen LogP contribution >= 0.6 is 47.2 Å². The molecule has 0 saturated carbocycles. The highest BCUT2D eigenvalue weighted by Gasteiger charge is 2.26. The number of benzene rings is 2. The number of hydrogen-bond acceptors (Lipinski definition) is 4. The zero-order valence-corrected chi connectivity index (χ0v) is 25.3. The third-order valence-electron chi connectivity index (χ3n) is 6.59. The van der Waals surface area contributed by atoms with Crippen LogP contribution in [0.1, 0.15) is 61.3 Å². The molecule has 3 nitrogen and oxygen atoms in total. The lowest BCUT2D eigenvalue weighted by molar-refractivity contribution is -0.113. The predicted octanol–water partition coefficient (Wildman–Crippen LogP) is 9.00. The lowest BCUT2D eigenvalue weighted by Crippen LogP contribution is -2.34. The van der Waals surface area contributed by atoms with Gasteiger partial charge in [0, 0.05) is 18.7 Å². The van der Waals surface area contributed by atoms with Gasteiger partial charge in [0.15, 0.2) is 5.78 Å². The molecule has 2 aromatic carbocycles. The lowest BCUT2D eigenvalue weighted by Gasteiger charge is -2.34. The smallest absolute Gasteiger partial charge is 0.158 e. The van der Waals surface area contributed by atoms with E-state index < -0.39 is 0 Å². The average Bonchev–Trinajstić information content (AvgIpc) is 2.79. The lowest BCUT2D eigenvalue weighted by atomic mass is 10.0. The van der Waals surface area contributed by atoms with Gasteiger partial charge in [0.2, 0.25) is 0 Å². The van der Waals surface area contributed by atoms with Crippen molar-refractivity contribution in [2.24, 2.45) is 0 Å². The molecule has 2 heterocycles. The SMILES string of the molecule is CSC1=C(C(C)=O)CCCN1c1c(C)cc(C)cc1Cl.Cc1cc(C)c(N2CCCCC2=S)c(Cl)c1. The molecule has 4 rings (SSSR count). The molecule has 2 aliphatic rings.